The molecule has 1 amide bonds. The Morgan fingerprint density at radius 2 is 2.04 bits per heavy atom. The number of aromatic nitrogens is 2. The van der Waals surface area contributed by atoms with Crippen LogP contribution in [0.4, 0.5) is 0 Å². The number of nitriles is 1. The van der Waals surface area contributed by atoms with Crippen molar-refractivity contribution in [1.29, 1.82) is 5.26 Å². The fraction of sp³-hybridized carbons (Fsp3) is 0.450. The first kappa shape index (κ1) is 18.2. The van der Waals surface area contributed by atoms with Crippen molar-refractivity contribution in [3.63, 3.8) is 0 Å². The van der Waals surface area contributed by atoms with E-state index in [4.69, 9.17) is 5.26 Å². The molecule has 6 nitrogen and oxygen atoms in total. The van der Waals surface area contributed by atoms with Crippen molar-refractivity contribution in [2.75, 3.05) is 13.1 Å². The molecule has 2 aromatic rings. The maximum atomic E-state index is 12.4. The number of carbonyl (C=O) groups excluding carboxylic acids is 1. The molecule has 2 heterocycles. The standard InChI is InChI=1S/C20H24N4O2/c1-23-13-10-22-20(23)19(26)17-8-11-24(12-9-17)18(25)7-6-15-2-4-16(14-21)5-3-15/h2-5,10,13,17,19,26H,6-9,11-12H2,1H3. The summed E-state index contributed by atoms with van der Waals surface area (Å²) in [6.07, 6.45) is 5.68. The molecule has 26 heavy (non-hydrogen) atoms. The lowest BCUT2D eigenvalue weighted by Gasteiger charge is -2.34. The summed E-state index contributed by atoms with van der Waals surface area (Å²) in [5.74, 6) is 0.980. The lowest BCUT2D eigenvalue weighted by atomic mass is 9.90. The van der Waals surface area contributed by atoms with Gasteiger partial charge in [0, 0.05) is 39.0 Å². The second-order valence-corrected chi connectivity index (χ2v) is 6.87. The molecule has 1 aliphatic rings. The van der Waals surface area contributed by atoms with Gasteiger partial charge in [0.25, 0.3) is 0 Å². The number of aryl methyl sites for hydroxylation is 2. The summed E-state index contributed by atoms with van der Waals surface area (Å²) in [5, 5.41) is 19.3. The molecule has 3 rings (SSSR count). The van der Waals surface area contributed by atoms with Crippen molar-refractivity contribution in [3.05, 3.63) is 53.6 Å². The second-order valence-electron chi connectivity index (χ2n) is 6.87. The first-order valence-corrected chi connectivity index (χ1v) is 9.00. The van der Waals surface area contributed by atoms with Gasteiger partial charge in [0.2, 0.25) is 5.91 Å². The van der Waals surface area contributed by atoms with E-state index in [-0.39, 0.29) is 11.8 Å². The Morgan fingerprint density at radius 3 is 2.62 bits per heavy atom. The van der Waals surface area contributed by atoms with E-state index in [0.717, 1.165) is 18.4 Å². The van der Waals surface area contributed by atoms with Crippen LogP contribution in [0, 0.1) is 17.2 Å². The highest BCUT2D eigenvalue weighted by Crippen LogP contribution is 2.30. The van der Waals surface area contributed by atoms with Crippen LogP contribution in [0.5, 0.6) is 0 Å². The number of imidazole rings is 1. The zero-order valence-corrected chi connectivity index (χ0v) is 15.0. The van der Waals surface area contributed by atoms with Gasteiger partial charge >= 0.3 is 0 Å². The molecule has 0 bridgehead atoms. The van der Waals surface area contributed by atoms with Crippen LogP contribution in [-0.2, 0) is 18.3 Å². The molecule has 6 heteroatoms. The van der Waals surface area contributed by atoms with Crippen LogP contribution in [-0.4, -0.2) is 38.6 Å². The zero-order chi connectivity index (χ0) is 18.5. The van der Waals surface area contributed by atoms with E-state index in [0.29, 0.717) is 37.3 Å². The van der Waals surface area contributed by atoms with Gasteiger partial charge in [-0.2, -0.15) is 5.26 Å². The van der Waals surface area contributed by atoms with Crippen molar-refractivity contribution >= 4 is 5.91 Å². The molecule has 0 radical (unpaired) electrons. The first-order valence-electron chi connectivity index (χ1n) is 9.00. The number of amides is 1. The van der Waals surface area contributed by atoms with Crippen molar-refractivity contribution in [3.8, 4) is 6.07 Å². The van der Waals surface area contributed by atoms with Crippen molar-refractivity contribution < 1.29 is 9.90 Å². The minimum atomic E-state index is -0.578. The largest absolute Gasteiger partial charge is 0.385 e. The molecule has 1 atom stereocenters. The monoisotopic (exact) mass is 352 g/mol. The summed E-state index contributed by atoms with van der Waals surface area (Å²) in [6.45, 7) is 1.36. The average molecular weight is 352 g/mol. The number of benzene rings is 1. The third-order valence-corrected chi connectivity index (χ3v) is 5.17. The molecule has 1 aromatic carbocycles. The number of aliphatic hydroxyl groups excluding tert-OH is 1. The van der Waals surface area contributed by atoms with Crippen LogP contribution < -0.4 is 0 Å². The summed E-state index contributed by atoms with van der Waals surface area (Å²) in [5.41, 5.74) is 1.70. The molecule has 0 aliphatic carbocycles. The number of rotatable bonds is 5. The van der Waals surface area contributed by atoms with Gasteiger partial charge in [-0.1, -0.05) is 12.1 Å². The molecule has 1 unspecified atom stereocenters. The minimum Gasteiger partial charge on any atom is -0.385 e. The fourth-order valence-corrected chi connectivity index (χ4v) is 3.49. The number of nitrogens with zero attached hydrogens (tertiary/aromatic N) is 4. The molecule has 1 aromatic heterocycles. The Balaban J connectivity index is 1.47. The molecule has 1 fully saturated rings. The van der Waals surface area contributed by atoms with Gasteiger partial charge in [-0.3, -0.25) is 4.79 Å². The number of piperidine rings is 1. The highest BCUT2D eigenvalue weighted by Gasteiger charge is 2.29. The first-order chi connectivity index (χ1) is 12.6. The maximum Gasteiger partial charge on any atom is 0.222 e. The van der Waals surface area contributed by atoms with E-state index in [1.165, 1.54) is 0 Å². The Labute approximate surface area is 153 Å². The van der Waals surface area contributed by atoms with Crippen LogP contribution in [0.1, 0.15) is 42.3 Å². The fourth-order valence-electron chi connectivity index (χ4n) is 3.49. The number of carbonyl (C=O) groups is 1. The molecule has 0 saturated carbocycles. The van der Waals surface area contributed by atoms with E-state index in [2.05, 4.69) is 11.1 Å². The lowest BCUT2D eigenvalue weighted by Crippen LogP contribution is -2.40. The normalized spacial score (nSPS) is 16.3. The topological polar surface area (TPSA) is 82.2 Å². The quantitative estimate of drug-likeness (QED) is 0.894. The highest BCUT2D eigenvalue weighted by atomic mass is 16.3. The van der Waals surface area contributed by atoms with Crippen molar-refractivity contribution in [2.24, 2.45) is 13.0 Å². The molecule has 1 N–H and O–H groups in total. The predicted molar refractivity (Wildman–Crippen MR) is 96.9 cm³/mol. The summed E-state index contributed by atoms with van der Waals surface area (Å²) in [7, 11) is 1.88. The lowest BCUT2D eigenvalue weighted by molar-refractivity contribution is -0.133. The van der Waals surface area contributed by atoms with Crippen molar-refractivity contribution in [1.82, 2.24) is 14.5 Å². The maximum absolute atomic E-state index is 12.4. The van der Waals surface area contributed by atoms with Crippen LogP contribution in [0.15, 0.2) is 36.7 Å². The van der Waals surface area contributed by atoms with Gasteiger partial charge in [-0.05, 0) is 42.9 Å². The molecular weight excluding hydrogens is 328 g/mol. The smallest absolute Gasteiger partial charge is 0.222 e. The third kappa shape index (κ3) is 4.12. The zero-order valence-electron chi connectivity index (χ0n) is 15.0. The van der Waals surface area contributed by atoms with Gasteiger partial charge in [-0.25, -0.2) is 4.98 Å². The molecule has 136 valence electrons. The Bertz CT molecular complexity index is 783. The van der Waals surface area contributed by atoms with Gasteiger partial charge in [0.15, 0.2) is 0 Å². The van der Waals surface area contributed by atoms with Crippen LogP contribution in [0.25, 0.3) is 0 Å². The van der Waals surface area contributed by atoms with Crippen LogP contribution in [0.3, 0.4) is 0 Å². The van der Waals surface area contributed by atoms with E-state index < -0.39 is 6.10 Å². The SMILES string of the molecule is Cn1ccnc1C(O)C1CCN(C(=O)CCc2ccc(C#N)cc2)CC1. The van der Waals surface area contributed by atoms with E-state index >= 15 is 0 Å². The van der Waals surface area contributed by atoms with Gasteiger partial charge in [0.1, 0.15) is 11.9 Å². The number of hydrogen-bond donors (Lipinski definition) is 1. The minimum absolute atomic E-state index is 0.138. The average Bonchev–Trinajstić information content (AvgIpc) is 3.12. The van der Waals surface area contributed by atoms with Gasteiger partial charge < -0.3 is 14.6 Å². The van der Waals surface area contributed by atoms with Gasteiger partial charge in [-0.15, -0.1) is 0 Å². The Hall–Kier alpha value is -2.65. The number of likely N-dealkylation sites (tertiary alicyclic amines) is 1. The van der Waals surface area contributed by atoms with Crippen LogP contribution >= 0.6 is 0 Å². The van der Waals surface area contributed by atoms with E-state index in [1.807, 2.05) is 34.8 Å². The predicted octanol–water partition coefficient (Wildman–Crippen LogP) is 2.20. The van der Waals surface area contributed by atoms with Crippen LogP contribution in [0.2, 0.25) is 0 Å². The molecule has 1 saturated heterocycles. The number of hydrogen-bond acceptors (Lipinski definition) is 4. The molecular formula is C20H24N4O2. The summed E-state index contributed by atoms with van der Waals surface area (Å²) in [6, 6.07) is 9.47. The molecule has 1 aliphatic heterocycles. The molecule has 0 spiro atoms. The summed E-state index contributed by atoms with van der Waals surface area (Å²) in [4.78, 5) is 18.6. The highest BCUT2D eigenvalue weighted by molar-refractivity contribution is 5.76. The summed E-state index contributed by atoms with van der Waals surface area (Å²) < 4.78 is 1.85. The van der Waals surface area contributed by atoms with E-state index in [1.54, 1.807) is 18.3 Å². The Kier molecular flexibility index (Phi) is 5.69. The van der Waals surface area contributed by atoms with E-state index in [9.17, 15) is 9.90 Å². The Morgan fingerprint density at radius 1 is 1.35 bits per heavy atom. The summed E-state index contributed by atoms with van der Waals surface area (Å²) >= 11 is 0. The van der Waals surface area contributed by atoms with Gasteiger partial charge in [0.05, 0.1) is 11.6 Å². The third-order valence-electron chi connectivity index (χ3n) is 5.17. The van der Waals surface area contributed by atoms with Crippen molar-refractivity contribution in [2.45, 2.75) is 31.8 Å². The second kappa shape index (κ2) is 8.15. The number of aliphatic hydroxyl groups is 1.